The van der Waals surface area contributed by atoms with E-state index in [0.717, 1.165) is 0 Å². The fraction of sp³-hybridized carbons (Fsp3) is 0.417. The van der Waals surface area contributed by atoms with Gasteiger partial charge in [-0.3, -0.25) is 9.69 Å². The van der Waals surface area contributed by atoms with Crippen LogP contribution >= 0.6 is 0 Å². The first-order valence-corrected chi connectivity index (χ1v) is 6.15. The van der Waals surface area contributed by atoms with Gasteiger partial charge in [0.25, 0.3) is 5.89 Å². The van der Waals surface area contributed by atoms with Crippen molar-refractivity contribution in [3.63, 3.8) is 0 Å². The van der Waals surface area contributed by atoms with E-state index in [9.17, 15) is 4.79 Å². The number of aromatic nitrogens is 2. The topological polar surface area (TPSA) is 102 Å². The minimum absolute atomic E-state index is 0.165. The van der Waals surface area contributed by atoms with Gasteiger partial charge in [-0.15, -0.1) is 0 Å². The number of hydrogen-bond donors (Lipinski definition) is 1. The summed E-state index contributed by atoms with van der Waals surface area (Å²) < 4.78 is 15.4. The van der Waals surface area contributed by atoms with Gasteiger partial charge in [-0.25, -0.2) is 0 Å². The molecule has 1 N–H and O–H groups in total. The van der Waals surface area contributed by atoms with Gasteiger partial charge >= 0.3 is 5.97 Å². The van der Waals surface area contributed by atoms with E-state index in [-0.39, 0.29) is 12.5 Å². The molecular weight excluding hydrogens is 266 g/mol. The minimum Gasteiger partial charge on any atom is -0.480 e. The molecule has 0 saturated carbocycles. The molecule has 8 nitrogen and oxygen atoms in total. The van der Waals surface area contributed by atoms with E-state index >= 15 is 0 Å². The first kappa shape index (κ1) is 12.8. The van der Waals surface area contributed by atoms with Gasteiger partial charge in [0.05, 0.1) is 26.0 Å². The number of aliphatic carboxylic acids is 1. The quantitative estimate of drug-likeness (QED) is 0.868. The lowest BCUT2D eigenvalue weighted by atomic mass is 10.2. The van der Waals surface area contributed by atoms with Gasteiger partial charge in [-0.05, 0) is 12.1 Å². The molecule has 2 aromatic heterocycles. The first-order chi connectivity index (χ1) is 9.74. The smallest absolute Gasteiger partial charge is 0.323 e. The number of carboxylic acids is 1. The fourth-order valence-electron chi connectivity index (χ4n) is 2.05. The Morgan fingerprint density at radius 1 is 1.55 bits per heavy atom. The van der Waals surface area contributed by atoms with Crippen molar-refractivity contribution in [3.8, 4) is 11.7 Å². The predicted molar refractivity (Wildman–Crippen MR) is 64.7 cm³/mol. The summed E-state index contributed by atoms with van der Waals surface area (Å²) >= 11 is 0. The van der Waals surface area contributed by atoms with E-state index in [1.54, 1.807) is 17.0 Å². The van der Waals surface area contributed by atoms with Crippen LogP contribution in [0.25, 0.3) is 11.7 Å². The van der Waals surface area contributed by atoms with Crippen molar-refractivity contribution in [2.75, 3.05) is 19.8 Å². The third-order valence-corrected chi connectivity index (χ3v) is 3.07. The van der Waals surface area contributed by atoms with Crippen molar-refractivity contribution in [2.45, 2.75) is 12.6 Å². The van der Waals surface area contributed by atoms with Gasteiger partial charge in [0, 0.05) is 6.54 Å². The second-order valence-corrected chi connectivity index (χ2v) is 4.39. The average Bonchev–Trinajstić information content (AvgIpc) is 3.09. The van der Waals surface area contributed by atoms with Crippen LogP contribution in [0.15, 0.2) is 27.3 Å². The number of hydrogen-bond acceptors (Lipinski definition) is 7. The predicted octanol–water partition coefficient (Wildman–Crippen LogP) is 0.615. The zero-order chi connectivity index (χ0) is 13.9. The average molecular weight is 279 g/mol. The molecule has 0 spiro atoms. The van der Waals surface area contributed by atoms with E-state index in [0.29, 0.717) is 31.3 Å². The number of furan rings is 1. The molecule has 106 valence electrons. The van der Waals surface area contributed by atoms with Crippen molar-refractivity contribution < 1.29 is 23.6 Å². The summed E-state index contributed by atoms with van der Waals surface area (Å²) in [6.45, 7) is 1.47. The first-order valence-electron chi connectivity index (χ1n) is 6.15. The molecular formula is C12H13N3O5. The van der Waals surface area contributed by atoms with Crippen LogP contribution in [0.5, 0.6) is 0 Å². The summed E-state index contributed by atoms with van der Waals surface area (Å²) in [4.78, 5) is 17.1. The molecule has 1 fully saturated rings. The molecule has 3 rings (SSSR count). The standard InChI is InChI=1S/C12H13N3O5/c16-12(17)8-7-18-5-3-15(8)6-10-13-11(20-14-10)9-2-1-4-19-9/h1-2,4,8H,3,5-7H2,(H,16,17). The Bertz CT molecular complexity index is 580. The van der Waals surface area contributed by atoms with E-state index in [1.165, 1.54) is 6.26 Å². The molecule has 2 aromatic rings. The SMILES string of the molecule is O=C(O)C1COCCN1Cc1noc(-c2ccco2)n1. The normalized spacial score (nSPS) is 20.1. The molecule has 1 aliphatic rings. The summed E-state index contributed by atoms with van der Waals surface area (Å²) in [5.74, 6) is 0.273. The largest absolute Gasteiger partial charge is 0.480 e. The van der Waals surface area contributed by atoms with Crippen LogP contribution in [0.1, 0.15) is 5.82 Å². The molecule has 1 atom stereocenters. The lowest BCUT2D eigenvalue weighted by molar-refractivity contribution is -0.150. The van der Waals surface area contributed by atoms with E-state index in [4.69, 9.17) is 18.8 Å². The second-order valence-electron chi connectivity index (χ2n) is 4.39. The highest BCUT2D eigenvalue weighted by Gasteiger charge is 2.30. The van der Waals surface area contributed by atoms with E-state index in [2.05, 4.69) is 10.1 Å². The second kappa shape index (κ2) is 5.43. The van der Waals surface area contributed by atoms with Crippen LogP contribution in [0.3, 0.4) is 0 Å². The third-order valence-electron chi connectivity index (χ3n) is 3.07. The van der Waals surface area contributed by atoms with E-state index in [1.807, 2.05) is 0 Å². The third kappa shape index (κ3) is 2.56. The summed E-state index contributed by atoms with van der Waals surface area (Å²) in [5, 5.41) is 13.0. The van der Waals surface area contributed by atoms with Crippen LogP contribution in [0, 0.1) is 0 Å². The van der Waals surface area contributed by atoms with Crippen molar-refractivity contribution in [3.05, 3.63) is 24.2 Å². The van der Waals surface area contributed by atoms with Crippen molar-refractivity contribution >= 4 is 5.97 Å². The number of morpholine rings is 1. The summed E-state index contributed by atoms with van der Waals surface area (Å²) in [6.07, 6.45) is 1.52. The number of nitrogens with zero attached hydrogens (tertiary/aromatic N) is 3. The summed E-state index contributed by atoms with van der Waals surface area (Å²) in [6, 6.07) is 2.75. The molecule has 20 heavy (non-hydrogen) atoms. The van der Waals surface area contributed by atoms with Crippen LogP contribution in [-0.2, 0) is 16.1 Å². The van der Waals surface area contributed by atoms with Gasteiger partial charge in [0.15, 0.2) is 11.6 Å². The Hall–Kier alpha value is -2.19. The monoisotopic (exact) mass is 279 g/mol. The molecule has 8 heteroatoms. The Morgan fingerprint density at radius 2 is 2.45 bits per heavy atom. The molecule has 1 aliphatic heterocycles. The Labute approximate surface area is 113 Å². The zero-order valence-electron chi connectivity index (χ0n) is 10.6. The number of carbonyl (C=O) groups is 1. The lowest BCUT2D eigenvalue weighted by Gasteiger charge is -2.31. The highest BCUT2D eigenvalue weighted by atomic mass is 16.5. The van der Waals surface area contributed by atoms with E-state index < -0.39 is 12.0 Å². The maximum absolute atomic E-state index is 11.1. The summed E-state index contributed by atoms with van der Waals surface area (Å²) in [7, 11) is 0. The molecule has 0 amide bonds. The van der Waals surface area contributed by atoms with Crippen LogP contribution in [0.4, 0.5) is 0 Å². The highest BCUT2D eigenvalue weighted by molar-refractivity contribution is 5.73. The number of rotatable bonds is 4. The molecule has 0 radical (unpaired) electrons. The van der Waals surface area contributed by atoms with Crippen molar-refractivity contribution in [1.82, 2.24) is 15.0 Å². The molecule has 0 aliphatic carbocycles. The Balaban J connectivity index is 1.72. The maximum Gasteiger partial charge on any atom is 0.323 e. The number of carboxylic acid groups (broad SMARTS) is 1. The van der Waals surface area contributed by atoms with Gasteiger partial charge < -0.3 is 18.8 Å². The Kier molecular flexibility index (Phi) is 3.48. The maximum atomic E-state index is 11.1. The minimum atomic E-state index is -0.917. The molecule has 1 saturated heterocycles. The summed E-state index contributed by atoms with van der Waals surface area (Å²) in [5.41, 5.74) is 0. The molecule has 1 unspecified atom stereocenters. The number of ether oxygens (including phenoxy) is 1. The molecule has 0 aromatic carbocycles. The molecule has 0 bridgehead atoms. The van der Waals surface area contributed by atoms with Crippen LogP contribution in [0.2, 0.25) is 0 Å². The zero-order valence-corrected chi connectivity index (χ0v) is 10.6. The van der Waals surface area contributed by atoms with Gasteiger partial charge in [0.2, 0.25) is 0 Å². The van der Waals surface area contributed by atoms with Gasteiger partial charge in [0.1, 0.15) is 6.04 Å². The Morgan fingerprint density at radius 3 is 3.20 bits per heavy atom. The molecule has 3 heterocycles. The highest BCUT2D eigenvalue weighted by Crippen LogP contribution is 2.18. The van der Waals surface area contributed by atoms with Crippen LogP contribution < -0.4 is 0 Å². The fourth-order valence-corrected chi connectivity index (χ4v) is 2.05. The van der Waals surface area contributed by atoms with Gasteiger partial charge in [-0.2, -0.15) is 4.98 Å². The van der Waals surface area contributed by atoms with Crippen molar-refractivity contribution in [1.29, 1.82) is 0 Å². The van der Waals surface area contributed by atoms with Crippen LogP contribution in [-0.4, -0.2) is 51.9 Å². The lowest BCUT2D eigenvalue weighted by Crippen LogP contribution is -2.49. The van der Waals surface area contributed by atoms with Gasteiger partial charge in [-0.1, -0.05) is 5.16 Å². The van der Waals surface area contributed by atoms with Crippen molar-refractivity contribution in [2.24, 2.45) is 0 Å².